The first kappa shape index (κ1) is 14.9. The molecule has 100 valence electrons. The summed E-state index contributed by atoms with van der Waals surface area (Å²) in [6.45, 7) is 9.27. The van der Waals surface area contributed by atoms with E-state index in [-0.39, 0.29) is 11.7 Å². The molecule has 0 amide bonds. The molecule has 0 radical (unpaired) electrons. The zero-order chi connectivity index (χ0) is 13.7. The van der Waals surface area contributed by atoms with E-state index in [0.29, 0.717) is 10.2 Å². The van der Waals surface area contributed by atoms with Crippen LogP contribution >= 0.6 is 15.9 Å². The predicted octanol–water partition coefficient (Wildman–Crippen LogP) is 2.25. The molecule has 6 heteroatoms. The van der Waals surface area contributed by atoms with E-state index < -0.39 is 4.92 Å². The van der Waals surface area contributed by atoms with E-state index in [1.165, 1.54) is 6.08 Å². The molecule has 1 saturated heterocycles. The van der Waals surface area contributed by atoms with Gasteiger partial charge >= 0.3 is 0 Å². The Hall–Kier alpha value is -1.14. The van der Waals surface area contributed by atoms with Gasteiger partial charge < -0.3 is 10.2 Å². The average molecular weight is 316 g/mol. The molecule has 1 aliphatic heterocycles. The largest absolute Gasteiger partial charge is 0.376 e. The number of hydrogen-bond donors (Lipinski definition) is 1. The fourth-order valence-electron chi connectivity index (χ4n) is 2.00. The quantitative estimate of drug-likeness (QED) is 0.480. The van der Waals surface area contributed by atoms with Gasteiger partial charge in [0.1, 0.15) is 5.70 Å². The minimum absolute atomic E-state index is 0.0508. The topological polar surface area (TPSA) is 58.4 Å². The molecule has 0 aromatic rings. The summed E-state index contributed by atoms with van der Waals surface area (Å²) in [4.78, 5) is 12.7. The lowest BCUT2D eigenvalue weighted by Gasteiger charge is -2.30. The molecule has 0 bridgehead atoms. The third kappa shape index (κ3) is 4.62. The third-order valence-electron chi connectivity index (χ3n) is 2.80. The Bertz CT molecular complexity index is 393. The van der Waals surface area contributed by atoms with Gasteiger partial charge in [0.15, 0.2) is 0 Å². The summed E-state index contributed by atoms with van der Waals surface area (Å²) in [6.07, 6.45) is 3.45. The number of rotatable bonds is 5. The summed E-state index contributed by atoms with van der Waals surface area (Å²) in [5.41, 5.74) is 0.283. The minimum Gasteiger partial charge on any atom is -0.376 e. The first-order chi connectivity index (χ1) is 8.40. The summed E-state index contributed by atoms with van der Waals surface area (Å²) >= 11 is 3.09. The maximum Gasteiger partial charge on any atom is 0.292 e. The Kier molecular flexibility index (Phi) is 5.55. The van der Waals surface area contributed by atoms with Crippen LogP contribution < -0.4 is 5.32 Å². The first-order valence-corrected chi connectivity index (χ1v) is 6.54. The van der Waals surface area contributed by atoms with Crippen molar-refractivity contribution in [3.63, 3.8) is 0 Å². The van der Waals surface area contributed by atoms with E-state index in [4.69, 9.17) is 0 Å². The fraction of sp³-hybridized carbons (Fsp3) is 0.500. The number of nitrogens with one attached hydrogen (secondary N) is 1. The second-order valence-corrected chi connectivity index (χ2v) is 5.48. The molecule has 0 saturated carbocycles. The molecular weight excluding hydrogens is 298 g/mol. The van der Waals surface area contributed by atoms with E-state index in [0.717, 1.165) is 25.9 Å². The molecule has 0 aromatic heterocycles. The van der Waals surface area contributed by atoms with Crippen LogP contribution in [0.25, 0.3) is 0 Å². The van der Waals surface area contributed by atoms with Gasteiger partial charge in [0.25, 0.3) is 5.70 Å². The molecule has 1 atom stereocenters. The Balaban J connectivity index is 2.67. The lowest BCUT2D eigenvalue weighted by molar-refractivity contribution is -0.421. The van der Waals surface area contributed by atoms with Crippen LogP contribution in [0.2, 0.25) is 0 Å². The second kappa shape index (κ2) is 6.70. The van der Waals surface area contributed by atoms with Gasteiger partial charge in [-0.25, -0.2) is 0 Å². The highest BCUT2D eigenvalue weighted by Gasteiger charge is 2.22. The van der Waals surface area contributed by atoms with Crippen LogP contribution in [0.15, 0.2) is 35.1 Å². The number of halogens is 1. The van der Waals surface area contributed by atoms with Crippen molar-refractivity contribution >= 4 is 15.9 Å². The normalized spacial score (nSPS) is 21.4. The second-order valence-electron chi connectivity index (χ2n) is 4.46. The summed E-state index contributed by atoms with van der Waals surface area (Å²) in [5, 5.41) is 14.1. The standard InChI is InChI=1S/C12H18BrN3O2/c1-9(13)7-12(16(17)18)10(2)14-11-5-4-6-15(3)8-11/h7,11,14H,1-2,4-6,8H2,3H3/b12-7+. The molecule has 18 heavy (non-hydrogen) atoms. The smallest absolute Gasteiger partial charge is 0.292 e. The minimum atomic E-state index is -0.450. The summed E-state index contributed by atoms with van der Waals surface area (Å²) < 4.78 is 0.456. The molecule has 0 aliphatic carbocycles. The van der Waals surface area contributed by atoms with Crippen molar-refractivity contribution in [3.8, 4) is 0 Å². The number of piperidine rings is 1. The highest BCUT2D eigenvalue weighted by atomic mass is 79.9. The SMILES string of the molecule is C=C(Br)/C=C(\C(=C)NC1CCCN(C)C1)[N+](=O)[O-]. The van der Waals surface area contributed by atoms with Crippen molar-refractivity contribution in [2.45, 2.75) is 18.9 Å². The van der Waals surface area contributed by atoms with Crippen LogP contribution in [0.3, 0.4) is 0 Å². The summed E-state index contributed by atoms with van der Waals surface area (Å²) in [6, 6.07) is 0.211. The lowest BCUT2D eigenvalue weighted by Crippen LogP contribution is -2.43. The van der Waals surface area contributed by atoms with Crippen LogP contribution in [0.5, 0.6) is 0 Å². The Labute approximate surface area is 116 Å². The fourth-order valence-corrected chi connectivity index (χ4v) is 2.22. The van der Waals surface area contributed by atoms with Crippen LogP contribution in [0.4, 0.5) is 0 Å². The number of likely N-dealkylation sites (tertiary alicyclic amines) is 1. The molecule has 1 heterocycles. The van der Waals surface area contributed by atoms with Gasteiger partial charge in [-0.2, -0.15) is 0 Å². The molecule has 0 aromatic carbocycles. The predicted molar refractivity (Wildman–Crippen MR) is 75.9 cm³/mol. The molecule has 1 rings (SSSR count). The van der Waals surface area contributed by atoms with E-state index in [9.17, 15) is 10.1 Å². The maximum atomic E-state index is 10.9. The highest BCUT2D eigenvalue weighted by Crippen LogP contribution is 2.15. The maximum absolute atomic E-state index is 10.9. The lowest BCUT2D eigenvalue weighted by atomic mass is 10.1. The van der Waals surface area contributed by atoms with E-state index >= 15 is 0 Å². The van der Waals surface area contributed by atoms with Crippen molar-refractivity contribution < 1.29 is 4.92 Å². The van der Waals surface area contributed by atoms with Gasteiger partial charge in [0.2, 0.25) is 0 Å². The zero-order valence-electron chi connectivity index (χ0n) is 10.5. The van der Waals surface area contributed by atoms with Gasteiger partial charge in [-0.3, -0.25) is 10.1 Å². The molecule has 1 aliphatic rings. The van der Waals surface area contributed by atoms with Crippen molar-refractivity contribution in [1.82, 2.24) is 10.2 Å². The van der Waals surface area contributed by atoms with Gasteiger partial charge in [0, 0.05) is 23.1 Å². The van der Waals surface area contributed by atoms with Gasteiger partial charge in [-0.1, -0.05) is 29.1 Å². The number of hydrogen-bond acceptors (Lipinski definition) is 4. The summed E-state index contributed by atoms with van der Waals surface area (Å²) in [5.74, 6) is 0. The summed E-state index contributed by atoms with van der Waals surface area (Å²) in [7, 11) is 2.04. The van der Waals surface area contributed by atoms with E-state index in [2.05, 4.69) is 39.3 Å². The zero-order valence-corrected chi connectivity index (χ0v) is 12.1. The van der Waals surface area contributed by atoms with Crippen molar-refractivity contribution in [1.29, 1.82) is 0 Å². The first-order valence-electron chi connectivity index (χ1n) is 5.75. The van der Waals surface area contributed by atoms with Crippen molar-refractivity contribution in [3.05, 3.63) is 45.2 Å². The number of allylic oxidation sites excluding steroid dienone is 2. The van der Waals surface area contributed by atoms with E-state index in [1.807, 2.05) is 7.05 Å². The van der Waals surface area contributed by atoms with Crippen molar-refractivity contribution in [2.75, 3.05) is 20.1 Å². The van der Waals surface area contributed by atoms with Gasteiger partial charge in [-0.05, 0) is 26.4 Å². The molecule has 1 fully saturated rings. The van der Waals surface area contributed by atoms with Crippen LogP contribution in [0, 0.1) is 10.1 Å². The van der Waals surface area contributed by atoms with Crippen molar-refractivity contribution in [2.24, 2.45) is 0 Å². The number of nitrogens with zero attached hydrogens (tertiary/aromatic N) is 2. The van der Waals surface area contributed by atoms with Crippen LogP contribution in [-0.2, 0) is 0 Å². The van der Waals surface area contributed by atoms with Gasteiger partial charge in [0.05, 0.1) is 4.92 Å². The Morgan fingerprint density at radius 1 is 1.61 bits per heavy atom. The molecule has 5 nitrogen and oxygen atoms in total. The molecular formula is C12H18BrN3O2. The van der Waals surface area contributed by atoms with E-state index in [1.54, 1.807) is 0 Å². The van der Waals surface area contributed by atoms with Gasteiger partial charge in [-0.15, -0.1) is 0 Å². The van der Waals surface area contributed by atoms with Crippen LogP contribution in [-0.4, -0.2) is 36.0 Å². The molecule has 1 unspecified atom stereocenters. The molecule has 0 spiro atoms. The Morgan fingerprint density at radius 3 is 2.78 bits per heavy atom. The average Bonchev–Trinajstić information content (AvgIpc) is 2.25. The Morgan fingerprint density at radius 2 is 2.28 bits per heavy atom. The third-order valence-corrected chi connectivity index (χ3v) is 3.03. The number of likely N-dealkylation sites (N-methyl/N-ethyl adjacent to an activating group) is 1. The number of nitro groups is 1. The monoisotopic (exact) mass is 315 g/mol. The van der Waals surface area contributed by atoms with Crippen LogP contribution in [0.1, 0.15) is 12.8 Å². The molecule has 1 N–H and O–H groups in total. The highest BCUT2D eigenvalue weighted by molar-refractivity contribution is 9.11.